The molecule has 0 spiro atoms. The number of nitrogens with zero attached hydrogens (tertiary/aromatic N) is 1. The summed E-state index contributed by atoms with van der Waals surface area (Å²) >= 11 is 0. The van der Waals surface area contributed by atoms with Crippen molar-refractivity contribution in [2.45, 2.75) is 69.3 Å². The quantitative estimate of drug-likeness (QED) is 0.641. The van der Waals surface area contributed by atoms with E-state index >= 15 is 0 Å². The number of rotatable bonds is 5. The first-order valence-electron chi connectivity index (χ1n) is 10.6. The Morgan fingerprint density at radius 1 is 1.17 bits per heavy atom. The van der Waals surface area contributed by atoms with Crippen LogP contribution in [0.5, 0.6) is 5.75 Å². The zero-order valence-corrected chi connectivity index (χ0v) is 18.4. The lowest BCUT2D eigenvalue weighted by atomic mass is 9.80. The molecule has 156 valence electrons. The van der Waals surface area contributed by atoms with Gasteiger partial charge in [-0.15, -0.1) is 0 Å². The Morgan fingerprint density at radius 3 is 2.59 bits per heavy atom. The lowest BCUT2D eigenvalue weighted by molar-refractivity contribution is 0.242. The highest BCUT2D eigenvalue weighted by atomic mass is 32.2. The monoisotopic (exact) mass is 413 g/mol. The van der Waals surface area contributed by atoms with E-state index in [-0.39, 0.29) is 18.1 Å². The van der Waals surface area contributed by atoms with Gasteiger partial charge in [-0.1, -0.05) is 48.1 Å². The Hall–Kier alpha value is -1.85. The van der Waals surface area contributed by atoms with E-state index in [1.165, 1.54) is 11.1 Å². The van der Waals surface area contributed by atoms with Gasteiger partial charge in [-0.2, -0.15) is 4.31 Å². The van der Waals surface area contributed by atoms with Crippen LogP contribution in [0, 0.1) is 0 Å². The molecule has 1 saturated heterocycles. The molecule has 0 saturated carbocycles. The molecule has 0 bridgehead atoms. The molecule has 0 radical (unpaired) electrons. The van der Waals surface area contributed by atoms with Crippen molar-refractivity contribution in [1.29, 1.82) is 0 Å². The van der Waals surface area contributed by atoms with E-state index in [1.54, 1.807) is 4.31 Å². The molecule has 1 aromatic carbocycles. The standard InChI is InChI=1S/C24H31NO3S/c1-18(2)28-21-12-10-19(11-13-21)22-9-7-8-20-14-17-25(23(20)22)29(26,27)24(3)15-5-4-6-16-24/h4-6,8,10-13,15,18,22-23H,7,9,14,16-17H2,1-3H3/t22-,23+,24?/m0/s1. The summed E-state index contributed by atoms with van der Waals surface area (Å²) < 4.78 is 34.1. The van der Waals surface area contributed by atoms with Gasteiger partial charge in [0.15, 0.2) is 0 Å². The van der Waals surface area contributed by atoms with E-state index in [1.807, 2.05) is 57.2 Å². The van der Waals surface area contributed by atoms with Crippen molar-refractivity contribution in [2.75, 3.05) is 6.54 Å². The third-order valence-corrected chi connectivity index (χ3v) is 8.88. The molecule has 5 heteroatoms. The van der Waals surface area contributed by atoms with E-state index in [4.69, 9.17) is 4.74 Å². The first-order valence-corrected chi connectivity index (χ1v) is 12.1. The second-order valence-electron chi connectivity index (χ2n) is 8.81. The first kappa shape index (κ1) is 20.4. The van der Waals surface area contributed by atoms with Crippen LogP contribution in [0.4, 0.5) is 0 Å². The molecule has 1 heterocycles. The molecule has 29 heavy (non-hydrogen) atoms. The summed E-state index contributed by atoms with van der Waals surface area (Å²) in [5.41, 5.74) is 2.48. The highest BCUT2D eigenvalue weighted by molar-refractivity contribution is 7.90. The van der Waals surface area contributed by atoms with Gasteiger partial charge in [0.2, 0.25) is 10.0 Å². The zero-order chi connectivity index (χ0) is 20.6. The molecule has 1 aliphatic heterocycles. The third-order valence-electron chi connectivity index (χ3n) is 6.37. The Labute approximate surface area is 175 Å². The minimum atomic E-state index is -3.47. The van der Waals surface area contributed by atoms with Crippen molar-refractivity contribution in [1.82, 2.24) is 4.31 Å². The summed E-state index contributed by atoms with van der Waals surface area (Å²) in [4.78, 5) is 0. The fourth-order valence-electron chi connectivity index (χ4n) is 4.85. The van der Waals surface area contributed by atoms with Gasteiger partial charge in [0, 0.05) is 12.5 Å². The molecule has 4 nitrogen and oxygen atoms in total. The van der Waals surface area contributed by atoms with Crippen molar-refractivity contribution in [3.8, 4) is 5.75 Å². The van der Waals surface area contributed by atoms with Crippen LogP contribution in [0.15, 0.2) is 60.2 Å². The topological polar surface area (TPSA) is 46.6 Å². The van der Waals surface area contributed by atoms with Crippen LogP contribution in [0.25, 0.3) is 0 Å². The number of ether oxygens (including phenoxy) is 1. The maximum absolute atomic E-state index is 13.7. The minimum absolute atomic E-state index is 0.0678. The smallest absolute Gasteiger partial charge is 0.224 e. The molecule has 3 aliphatic rings. The van der Waals surface area contributed by atoms with Gasteiger partial charge in [-0.05, 0) is 64.2 Å². The van der Waals surface area contributed by atoms with E-state index < -0.39 is 14.8 Å². The van der Waals surface area contributed by atoms with Crippen LogP contribution in [0.1, 0.15) is 57.9 Å². The largest absolute Gasteiger partial charge is 0.491 e. The Kier molecular flexibility index (Phi) is 5.47. The van der Waals surface area contributed by atoms with Crippen molar-refractivity contribution >= 4 is 10.0 Å². The van der Waals surface area contributed by atoms with Gasteiger partial charge in [0.05, 0.1) is 12.1 Å². The zero-order valence-electron chi connectivity index (χ0n) is 17.5. The Bertz CT molecular complexity index is 943. The predicted molar refractivity (Wildman–Crippen MR) is 118 cm³/mol. The minimum Gasteiger partial charge on any atom is -0.491 e. The number of sulfonamides is 1. The number of fused-ring (bicyclic) bond motifs is 1. The molecule has 4 rings (SSSR count). The average Bonchev–Trinajstić information content (AvgIpc) is 3.14. The molecule has 1 fully saturated rings. The molecule has 0 N–H and O–H groups in total. The second-order valence-corrected chi connectivity index (χ2v) is 11.2. The summed E-state index contributed by atoms with van der Waals surface area (Å²) in [7, 11) is -3.47. The highest BCUT2D eigenvalue weighted by Crippen LogP contribution is 2.45. The maximum Gasteiger partial charge on any atom is 0.224 e. The average molecular weight is 414 g/mol. The lowest BCUT2D eigenvalue weighted by Gasteiger charge is -2.39. The fourth-order valence-corrected chi connectivity index (χ4v) is 6.86. The normalized spacial score (nSPS) is 29.7. The van der Waals surface area contributed by atoms with Crippen molar-refractivity contribution < 1.29 is 13.2 Å². The van der Waals surface area contributed by atoms with Crippen LogP contribution in [-0.2, 0) is 10.0 Å². The van der Waals surface area contributed by atoms with Crippen molar-refractivity contribution in [2.24, 2.45) is 0 Å². The Morgan fingerprint density at radius 2 is 1.93 bits per heavy atom. The summed E-state index contributed by atoms with van der Waals surface area (Å²) in [6.07, 6.45) is 13.3. The maximum atomic E-state index is 13.7. The van der Waals surface area contributed by atoms with E-state index in [9.17, 15) is 8.42 Å². The van der Waals surface area contributed by atoms with E-state index in [0.29, 0.717) is 13.0 Å². The summed E-state index contributed by atoms with van der Waals surface area (Å²) in [5, 5.41) is 0. The molecule has 0 amide bonds. The number of allylic oxidation sites excluding steroid dienone is 4. The van der Waals surface area contributed by atoms with Gasteiger partial charge in [0.1, 0.15) is 10.5 Å². The fraction of sp³-hybridized carbons (Fsp3) is 0.500. The van der Waals surface area contributed by atoms with Crippen LogP contribution in [0.3, 0.4) is 0 Å². The number of benzene rings is 1. The number of hydrogen-bond donors (Lipinski definition) is 0. The molecule has 3 atom stereocenters. The van der Waals surface area contributed by atoms with Gasteiger partial charge in [-0.25, -0.2) is 8.42 Å². The highest BCUT2D eigenvalue weighted by Gasteiger charge is 2.49. The van der Waals surface area contributed by atoms with Crippen LogP contribution in [0.2, 0.25) is 0 Å². The summed E-state index contributed by atoms with van der Waals surface area (Å²) in [6.45, 7) is 6.46. The van der Waals surface area contributed by atoms with Crippen LogP contribution in [-0.4, -0.2) is 36.2 Å². The number of hydrogen-bond acceptors (Lipinski definition) is 3. The predicted octanol–water partition coefficient (Wildman–Crippen LogP) is 4.96. The van der Waals surface area contributed by atoms with Crippen LogP contribution >= 0.6 is 0 Å². The van der Waals surface area contributed by atoms with E-state index in [0.717, 1.165) is 25.0 Å². The van der Waals surface area contributed by atoms with Gasteiger partial charge >= 0.3 is 0 Å². The molecule has 1 unspecified atom stereocenters. The molecular formula is C24H31NO3S. The van der Waals surface area contributed by atoms with Gasteiger partial charge < -0.3 is 4.74 Å². The molecule has 2 aliphatic carbocycles. The summed E-state index contributed by atoms with van der Waals surface area (Å²) in [6, 6.07) is 8.18. The SMILES string of the molecule is CC(C)Oc1ccc([C@@H]2CCC=C3CCN(S(=O)(=O)C4(C)C=CC=CC4)[C@H]32)cc1. The van der Waals surface area contributed by atoms with Gasteiger partial charge in [-0.3, -0.25) is 0 Å². The van der Waals surface area contributed by atoms with Crippen LogP contribution < -0.4 is 4.74 Å². The van der Waals surface area contributed by atoms with Gasteiger partial charge in [0.25, 0.3) is 0 Å². The second kappa shape index (κ2) is 7.77. The van der Waals surface area contributed by atoms with Crippen molar-refractivity contribution in [3.63, 3.8) is 0 Å². The molecule has 0 aromatic heterocycles. The van der Waals surface area contributed by atoms with Crippen molar-refractivity contribution in [3.05, 3.63) is 65.8 Å². The first-order chi connectivity index (χ1) is 13.8. The summed E-state index contributed by atoms with van der Waals surface area (Å²) in [5.74, 6) is 1.05. The Balaban J connectivity index is 1.65. The molecule has 1 aromatic rings. The lowest BCUT2D eigenvalue weighted by Crippen LogP contribution is -2.49. The molecular weight excluding hydrogens is 382 g/mol. The third kappa shape index (κ3) is 3.71. The van der Waals surface area contributed by atoms with E-state index in [2.05, 4.69) is 18.2 Å².